The smallest absolute Gasteiger partial charge is 0.331 e. The summed E-state index contributed by atoms with van der Waals surface area (Å²) in [5.41, 5.74) is 0.475. The van der Waals surface area contributed by atoms with Crippen LogP contribution in [0.15, 0.2) is 12.4 Å². The highest BCUT2D eigenvalue weighted by atomic mass is 16.4. The second-order valence-electron chi connectivity index (χ2n) is 4.72. The summed E-state index contributed by atoms with van der Waals surface area (Å²) < 4.78 is 1.51. The van der Waals surface area contributed by atoms with Crippen LogP contribution in [0.5, 0.6) is 0 Å². The van der Waals surface area contributed by atoms with Crippen molar-refractivity contribution in [2.45, 2.75) is 32.7 Å². The Kier molecular flexibility index (Phi) is 4.88. The summed E-state index contributed by atoms with van der Waals surface area (Å²) >= 11 is 0. The molecule has 100 valence electrons. The number of carboxylic acid groups (broad SMARTS) is 1. The molecule has 0 aliphatic rings. The van der Waals surface area contributed by atoms with Gasteiger partial charge in [-0.15, -0.1) is 0 Å². The Morgan fingerprint density at radius 2 is 2.17 bits per heavy atom. The first-order valence-electron chi connectivity index (χ1n) is 5.91. The zero-order chi connectivity index (χ0) is 13.7. The van der Waals surface area contributed by atoms with Crippen LogP contribution in [0.4, 0.5) is 0 Å². The van der Waals surface area contributed by atoms with Gasteiger partial charge in [0.15, 0.2) is 6.04 Å². The van der Waals surface area contributed by atoms with Gasteiger partial charge in [0.2, 0.25) is 5.91 Å². The minimum atomic E-state index is -1.08. The third-order valence-corrected chi connectivity index (χ3v) is 2.56. The van der Waals surface area contributed by atoms with Gasteiger partial charge in [0.1, 0.15) is 0 Å². The lowest BCUT2D eigenvalue weighted by molar-refractivity contribution is -0.142. The molecular formula is C12H19N3O3. The molecule has 6 nitrogen and oxygen atoms in total. The number of carbonyl (C=O) groups is 2. The molecule has 0 aromatic carbocycles. The number of amides is 1. The first-order chi connectivity index (χ1) is 8.40. The molecule has 1 atom stereocenters. The predicted molar refractivity (Wildman–Crippen MR) is 65.8 cm³/mol. The molecule has 0 aliphatic carbocycles. The number of hydrogen-bond acceptors (Lipinski definition) is 3. The SMILES string of the molecule is CC(C)CCC(=O)NC(C(=O)O)c1cnn(C)c1. The topological polar surface area (TPSA) is 84.2 Å². The summed E-state index contributed by atoms with van der Waals surface area (Å²) in [4.78, 5) is 22.8. The summed E-state index contributed by atoms with van der Waals surface area (Å²) in [7, 11) is 1.70. The maximum atomic E-state index is 11.6. The molecule has 0 bridgehead atoms. The van der Waals surface area contributed by atoms with Crippen molar-refractivity contribution in [3.05, 3.63) is 18.0 Å². The zero-order valence-electron chi connectivity index (χ0n) is 10.9. The minimum absolute atomic E-state index is 0.250. The Morgan fingerprint density at radius 1 is 1.50 bits per heavy atom. The lowest BCUT2D eigenvalue weighted by Crippen LogP contribution is -2.33. The van der Waals surface area contributed by atoms with E-state index < -0.39 is 12.0 Å². The van der Waals surface area contributed by atoms with Crippen LogP contribution in [0, 0.1) is 5.92 Å². The van der Waals surface area contributed by atoms with Crippen molar-refractivity contribution < 1.29 is 14.7 Å². The number of carbonyl (C=O) groups excluding carboxylic acids is 1. The lowest BCUT2D eigenvalue weighted by atomic mass is 10.1. The van der Waals surface area contributed by atoms with Crippen molar-refractivity contribution in [1.82, 2.24) is 15.1 Å². The Morgan fingerprint density at radius 3 is 2.61 bits per heavy atom. The lowest BCUT2D eigenvalue weighted by Gasteiger charge is -2.13. The first-order valence-corrected chi connectivity index (χ1v) is 5.91. The van der Waals surface area contributed by atoms with Crippen LogP contribution in [-0.2, 0) is 16.6 Å². The third-order valence-electron chi connectivity index (χ3n) is 2.56. The standard InChI is InChI=1S/C12H19N3O3/c1-8(2)4-5-10(16)14-11(12(17)18)9-6-13-15(3)7-9/h6-8,11H,4-5H2,1-3H3,(H,14,16)(H,17,18). The maximum absolute atomic E-state index is 11.6. The van der Waals surface area contributed by atoms with Crippen molar-refractivity contribution in [2.75, 3.05) is 0 Å². The van der Waals surface area contributed by atoms with Gasteiger partial charge in [-0.3, -0.25) is 9.48 Å². The van der Waals surface area contributed by atoms with Crippen LogP contribution < -0.4 is 5.32 Å². The van der Waals surface area contributed by atoms with Crippen LogP contribution in [-0.4, -0.2) is 26.8 Å². The van der Waals surface area contributed by atoms with Crippen LogP contribution in [0.1, 0.15) is 38.3 Å². The van der Waals surface area contributed by atoms with Gasteiger partial charge in [-0.05, 0) is 12.3 Å². The molecule has 0 saturated heterocycles. The number of aryl methyl sites for hydroxylation is 1. The first kappa shape index (κ1) is 14.2. The van der Waals surface area contributed by atoms with Crippen molar-refractivity contribution in [3.63, 3.8) is 0 Å². The van der Waals surface area contributed by atoms with Gasteiger partial charge in [-0.2, -0.15) is 5.10 Å². The van der Waals surface area contributed by atoms with E-state index in [-0.39, 0.29) is 5.91 Å². The number of nitrogens with zero attached hydrogens (tertiary/aromatic N) is 2. The quantitative estimate of drug-likeness (QED) is 0.795. The average molecular weight is 253 g/mol. The number of aliphatic carboxylic acids is 1. The molecule has 1 rings (SSSR count). The zero-order valence-corrected chi connectivity index (χ0v) is 10.9. The third kappa shape index (κ3) is 4.20. The molecule has 1 aromatic rings. The van der Waals surface area contributed by atoms with Gasteiger partial charge in [0.25, 0.3) is 0 Å². The summed E-state index contributed by atoms with van der Waals surface area (Å²) in [6.07, 6.45) is 4.11. The molecule has 0 radical (unpaired) electrons. The van der Waals surface area contributed by atoms with Crippen LogP contribution in [0.25, 0.3) is 0 Å². The van der Waals surface area contributed by atoms with Crippen LogP contribution in [0.3, 0.4) is 0 Å². The molecule has 1 unspecified atom stereocenters. The van der Waals surface area contributed by atoms with E-state index in [1.165, 1.54) is 10.9 Å². The van der Waals surface area contributed by atoms with Gasteiger partial charge >= 0.3 is 5.97 Å². The molecule has 18 heavy (non-hydrogen) atoms. The van der Waals surface area contributed by atoms with E-state index in [4.69, 9.17) is 5.11 Å². The maximum Gasteiger partial charge on any atom is 0.331 e. The molecule has 0 aliphatic heterocycles. The van der Waals surface area contributed by atoms with E-state index in [2.05, 4.69) is 10.4 Å². The van der Waals surface area contributed by atoms with Crippen molar-refractivity contribution in [1.29, 1.82) is 0 Å². The van der Waals surface area contributed by atoms with Crippen molar-refractivity contribution in [2.24, 2.45) is 13.0 Å². The summed E-state index contributed by atoms with van der Waals surface area (Å²) in [5, 5.41) is 15.5. The van der Waals surface area contributed by atoms with E-state index >= 15 is 0 Å². The number of rotatable bonds is 6. The molecular weight excluding hydrogens is 234 g/mol. The number of aromatic nitrogens is 2. The Balaban J connectivity index is 2.64. The van der Waals surface area contributed by atoms with E-state index in [0.717, 1.165) is 6.42 Å². The molecule has 0 saturated carbocycles. The normalized spacial score (nSPS) is 12.4. The molecule has 0 fully saturated rings. The number of nitrogens with one attached hydrogen (secondary N) is 1. The van der Waals surface area contributed by atoms with E-state index in [1.807, 2.05) is 13.8 Å². The van der Waals surface area contributed by atoms with Gasteiger partial charge in [-0.25, -0.2) is 4.79 Å². The Bertz CT molecular complexity index is 426. The van der Waals surface area contributed by atoms with Crippen molar-refractivity contribution >= 4 is 11.9 Å². The fraction of sp³-hybridized carbons (Fsp3) is 0.583. The molecule has 0 spiro atoms. The monoisotopic (exact) mass is 253 g/mol. The highest BCUT2D eigenvalue weighted by Crippen LogP contribution is 2.13. The second kappa shape index (κ2) is 6.18. The summed E-state index contributed by atoms with van der Waals surface area (Å²) in [5.74, 6) is -0.918. The molecule has 1 aromatic heterocycles. The summed E-state index contributed by atoms with van der Waals surface area (Å²) in [6, 6.07) is -1.03. The predicted octanol–water partition coefficient (Wildman–Crippen LogP) is 1.10. The van der Waals surface area contributed by atoms with Gasteiger partial charge in [0.05, 0.1) is 6.20 Å². The molecule has 1 amide bonds. The number of carboxylic acids is 1. The van der Waals surface area contributed by atoms with E-state index in [9.17, 15) is 9.59 Å². The van der Waals surface area contributed by atoms with Crippen LogP contribution >= 0.6 is 0 Å². The van der Waals surface area contributed by atoms with Crippen molar-refractivity contribution in [3.8, 4) is 0 Å². The molecule has 2 N–H and O–H groups in total. The fourth-order valence-corrected chi connectivity index (χ4v) is 1.53. The van der Waals surface area contributed by atoms with Crippen LogP contribution in [0.2, 0.25) is 0 Å². The summed E-state index contributed by atoms with van der Waals surface area (Å²) in [6.45, 7) is 4.03. The molecule has 6 heteroatoms. The minimum Gasteiger partial charge on any atom is -0.479 e. The Hall–Kier alpha value is -1.85. The van der Waals surface area contributed by atoms with E-state index in [0.29, 0.717) is 17.9 Å². The second-order valence-corrected chi connectivity index (χ2v) is 4.72. The average Bonchev–Trinajstić information content (AvgIpc) is 2.69. The number of hydrogen-bond donors (Lipinski definition) is 2. The van der Waals surface area contributed by atoms with Gasteiger partial charge < -0.3 is 10.4 Å². The Labute approximate surface area is 106 Å². The largest absolute Gasteiger partial charge is 0.479 e. The highest BCUT2D eigenvalue weighted by molar-refractivity contribution is 5.84. The highest BCUT2D eigenvalue weighted by Gasteiger charge is 2.23. The van der Waals surface area contributed by atoms with Gasteiger partial charge in [-0.1, -0.05) is 13.8 Å². The van der Waals surface area contributed by atoms with E-state index in [1.54, 1.807) is 13.2 Å². The van der Waals surface area contributed by atoms with Gasteiger partial charge in [0, 0.05) is 25.2 Å². The fourth-order valence-electron chi connectivity index (χ4n) is 1.53. The molecule has 1 heterocycles.